The molecule has 170 valence electrons. The minimum Gasteiger partial charge on any atom is -0.310 e. The summed E-state index contributed by atoms with van der Waals surface area (Å²) in [6.45, 7) is 7.21. The molecule has 2 aromatic carbocycles. The maximum atomic E-state index is 12.5. The van der Waals surface area contributed by atoms with Crippen LogP contribution in [0.15, 0.2) is 46.9 Å². The van der Waals surface area contributed by atoms with Gasteiger partial charge in [0, 0.05) is 17.6 Å². The Kier molecular flexibility index (Phi) is 8.07. The van der Waals surface area contributed by atoms with Gasteiger partial charge in [-0.05, 0) is 62.3 Å². The molecule has 0 spiro atoms. The van der Waals surface area contributed by atoms with Crippen LogP contribution in [0.4, 0.5) is 4.79 Å². The van der Waals surface area contributed by atoms with Crippen molar-refractivity contribution < 1.29 is 19.2 Å². The van der Waals surface area contributed by atoms with Crippen molar-refractivity contribution in [2.45, 2.75) is 46.5 Å². The molecule has 0 N–H and O–H groups in total. The predicted octanol–water partition coefficient (Wildman–Crippen LogP) is 5.78. The maximum absolute atomic E-state index is 12.5. The van der Waals surface area contributed by atoms with E-state index in [1.807, 2.05) is 13.8 Å². The van der Waals surface area contributed by atoms with Gasteiger partial charge in [-0.25, -0.2) is 4.79 Å². The SMILES string of the molecule is CC.Cc1ccc(CCC2CCN(C(=O)ON3C(=O)c4ccc(Br)cc4C3=O)CC2)cc1. The highest BCUT2D eigenvalue weighted by molar-refractivity contribution is 9.10. The van der Waals surface area contributed by atoms with Gasteiger partial charge >= 0.3 is 6.09 Å². The van der Waals surface area contributed by atoms with Crippen LogP contribution in [0.1, 0.15) is 65.0 Å². The molecule has 2 aromatic rings. The number of rotatable bonds is 4. The second-order valence-electron chi connectivity index (χ2n) is 7.91. The molecule has 1 fully saturated rings. The van der Waals surface area contributed by atoms with Crippen LogP contribution in [0.3, 0.4) is 0 Å². The molecule has 0 aliphatic carbocycles. The molecule has 32 heavy (non-hydrogen) atoms. The molecule has 6 nitrogen and oxygen atoms in total. The van der Waals surface area contributed by atoms with Crippen molar-refractivity contribution in [2.75, 3.05) is 13.1 Å². The van der Waals surface area contributed by atoms with Crippen molar-refractivity contribution in [1.82, 2.24) is 9.96 Å². The molecular weight excluding hydrogens is 472 g/mol. The monoisotopic (exact) mass is 500 g/mol. The van der Waals surface area contributed by atoms with Gasteiger partial charge in [-0.1, -0.05) is 64.7 Å². The number of carbonyl (C=O) groups excluding carboxylic acids is 3. The molecule has 1 saturated heterocycles. The van der Waals surface area contributed by atoms with E-state index in [9.17, 15) is 14.4 Å². The molecule has 4 rings (SSSR count). The van der Waals surface area contributed by atoms with Crippen molar-refractivity contribution in [3.8, 4) is 0 Å². The van der Waals surface area contributed by atoms with Crippen molar-refractivity contribution in [3.63, 3.8) is 0 Å². The Bertz CT molecular complexity index is 982. The van der Waals surface area contributed by atoms with E-state index in [4.69, 9.17) is 4.84 Å². The van der Waals surface area contributed by atoms with Crippen molar-refractivity contribution >= 4 is 33.8 Å². The number of nitrogens with zero attached hydrogens (tertiary/aromatic N) is 2. The number of aryl methyl sites for hydroxylation is 2. The third-order valence-corrected chi connectivity index (χ3v) is 6.31. The van der Waals surface area contributed by atoms with Gasteiger partial charge in [0.05, 0.1) is 11.1 Å². The average Bonchev–Trinajstić information content (AvgIpc) is 3.04. The fourth-order valence-corrected chi connectivity index (χ4v) is 4.30. The van der Waals surface area contributed by atoms with E-state index in [1.54, 1.807) is 23.1 Å². The number of amides is 3. The van der Waals surface area contributed by atoms with Crippen molar-refractivity contribution in [3.05, 3.63) is 69.2 Å². The zero-order valence-corrected chi connectivity index (χ0v) is 20.4. The van der Waals surface area contributed by atoms with Gasteiger partial charge in [-0.2, -0.15) is 0 Å². The standard InChI is InChI=1S/C23H23BrN2O4.C2H6/c1-15-2-4-16(5-3-15)6-7-17-10-12-25(13-11-17)23(29)30-26-21(27)19-9-8-18(24)14-20(19)22(26)28;1-2/h2-5,8-9,14,17H,6-7,10-13H2,1H3;1-2H3. The zero-order chi connectivity index (χ0) is 23.3. The summed E-state index contributed by atoms with van der Waals surface area (Å²) < 4.78 is 0.684. The Morgan fingerprint density at radius 3 is 2.28 bits per heavy atom. The van der Waals surface area contributed by atoms with Crippen molar-refractivity contribution in [1.29, 1.82) is 0 Å². The number of likely N-dealkylation sites (tertiary alicyclic amines) is 1. The largest absolute Gasteiger partial charge is 0.434 e. The molecule has 0 saturated carbocycles. The molecule has 0 bridgehead atoms. The summed E-state index contributed by atoms with van der Waals surface area (Å²) in [7, 11) is 0. The number of fused-ring (bicyclic) bond motifs is 1. The van der Waals surface area contributed by atoms with Gasteiger partial charge in [-0.3, -0.25) is 9.59 Å². The van der Waals surface area contributed by atoms with Crippen LogP contribution in [-0.4, -0.2) is 41.0 Å². The summed E-state index contributed by atoms with van der Waals surface area (Å²) in [4.78, 5) is 44.2. The number of imide groups is 1. The number of carbonyl (C=O) groups is 3. The Balaban J connectivity index is 0.00000141. The van der Waals surface area contributed by atoms with Crippen LogP contribution in [0.2, 0.25) is 0 Å². The van der Waals surface area contributed by atoms with Gasteiger partial charge in [0.25, 0.3) is 11.8 Å². The van der Waals surface area contributed by atoms with Crippen LogP contribution in [-0.2, 0) is 11.3 Å². The molecule has 0 radical (unpaired) electrons. The number of hydrogen-bond acceptors (Lipinski definition) is 4. The van der Waals surface area contributed by atoms with Crippen LogP contribution < -0.4 is 0 Å². The Labute approximate surface area is 197 Å². The highest BCUT2D eigenvalue weighted by Gasteiger charge is 2.40. The molecule has 0 aromatic heterocycles. The second-order valence-corrected chi connectivity index (χ2v) is 8.82. The summed E-state index contributed by atoms with van der Waals surface area (Å²) in [6, 6.07) is 13.4. The first-order valence-corrected chi connectivity index (χ1v) is 11.9. The lowest BCUT2D eigenvalue weighted by molar-refractivity contribution is -0.0595. The Hall–Kier alpha value is -2.67. The van der Waals surface area contributed by atoms with Gasteiger partial charge in [0.2, 0.25) is 0 Å². The summed E-state index contributed by atoms with van der Waals surface area (Å²) in [5, 5.41) is 0.572. The van der Waals surface area contributed by atoms with E-state index in [1.165, 1.54) is 11.1 Å². The lowest BCUT2D eigenvalue weighted by Crippen LogP contribution is -2.43. The lowest BCUT2D eigenvalue weighted by Gasteiger charge is -2.31. The third kappa shape index (κ3) is 5.38. The fourth-order valence-electron chi connectivity index (χ4n) is 3.94. The van der Waals surface area contributed by atoms with E-state index in [-0.39, 0.29) is 11.1 Å². The number of benzene rings is 2. The van der Waals surface area contributed by atoms with Gasteiger partial charge < -0.3 is 9.74 Å². The quantitative estimate of drug-likeness (QED) is 0.499. The lowest BCUT2D eigenvalue weighted by atomic mass is 9.90. The number of hydroxylamine groups is 2. The highest BCUT2D eigenvalue weighted by Crippen LogP contribution is 2.28. The fraction of sp³-hybridized carbons (Fsp3) is 0.400. The van der Waals surface area contributed by atoms with Gasteiger partial charge in [0.15, 0.2) is 0 Å². The van der Waals surface area contributed by atoms with E-state index >= 15 is 0 Å². The molecule has 2 aliphatic heterocycles. The first kappa shape index (κ1) is 24.0. The average molecular weight is 501 g/mol. The maximum Gasteiger partial charge on any atom is 0.434 e. The van der Waals surface area contributed by atoms with Crippen LogP contribution in [0, 0.1) is 12.8 Å². The molecule has 3 amide bonds. The Morgan fingerprint density at radius 1 is 1.00 bits per heavy atom. The second kappa shape index (κ2) is 10.8. The summed E-state index contributed by atoms with van der Waals surface area (Å²) in [5.74, 6) is -0.673. The van der Waals surface area contributed by atoms with E-state index in [2.05, 4.69) is 47.1 Å². The molecule has 0 atom stereocenters. The van der Waals surface area contributed by atoms with Gasteiger partial charge in [0.1, 0.15) is 0 Å². The molecule has 7 heteroatoms. The zero-order valence-electron chi connectivity index (χ0n) is 18.8. The Morgan fingerprint density at radius 2 is 1.62 bits per heavy atom. The predicted molar refractivity (Wildman–Crippen MR) is 126 cm³/mol. The molecular formula is C25H29BrN2O4. The van der Waals surface area contributed by atoms with Crippen LogP contribution >= 0.6 is 15.9 Å². The topological polar surface area (TPSA) is 66.9 Å². The number of piperidine rings is 1. The van der Waals surface area contributed by atoms with Gasteiger partial charge in [-0.15, -0.1) is 0 Å². The molecule has 2 heterocycles. The van der Waals surface area contributed by atoms with E-state index < -0.39 is 17.9 Å². The molecule has 2 aliphatic rings. The van der Waals surface area contributed by atoms with E-state index in [0.717, 1.165) is 25.7 Å². The third-order valence-electron chi connectivity index (χ3n) is 5.82. The highest BCUT2D eigenvalue weighted by atomic mass is 79.9. The number of halogens is 1. The summed E-state index contributed by atoms with van der Waals surface area (Å²) >= 11 is 3.28. The van der Waals surface area contributed by atoms with Crippen molar-refractivity contribution in [2.24, 2.45) is 5.92 Å². The summed E-state index contributed by atoms with van der Waals surface area (Å²) in [6.07, 6.45) is 3.23. The van der Waals surface area contributed by atoms with Crippen LogP contribution in [0.25, 0.3) is 0 Å². The normalized spacial score (nSPS) is 15.9. The molecule has 0 unspecified atom stereocenters. The first-order chi connectivity index (χ1) is 15.4. The minimum absolute atomic E-state index is 0.233. The summed E-state index contributed by atoms with van der Waals surface area (Å²) in [5.41, 5.74) is 3.07. The van der Waals surface area contributed by atoms with E-state index in [0.29, 0.717) is 28.5 Å². The minimum atomic E-state index is -0.652. The first-order valence-electron chi connectivity index (χ1n) is 11.1. The van der Waals surface area contributed by atoms with Crippen LogP contribution in [0.5, 0.6) is 0 Å². The number of hydrogen-bond donors (Lipinski definition) is 0. The smallest absolute Gasteiger partial charge is 0.310 e.